The molecule has 0 bridgehead atoms. The van der Waals surface area contributed by atoms with Crippen molar-refractivity contribution >= 4 is 16.3 Å². The van der Waals surface area contributed by atoms with E-state index in [1.165, 1.54) is 4.31 Å². The van der Waals surface area contributed by atoms with E-state index < -0.39 is 10.0 Å². The van der Waals surface area contributed by atoms with Crippen LogP contribution in [0.3, 0.4) is 0 Å². The molecule has 2 aromatic rings. The SMILES string of the molecule is O=Cc1cccc(OCc2cccc(S(=O)(=O)N3CCOCC3)c2)c1. The minimum atomic E-state index is -3.53. The molecule has 1 fully saturated rings. The largest absolute Gasteiger partial charge is 0.489 e. The van der Waals surface area contributed by atoms with Crippen LogP contribution in [0.1, 0.15) is 15.9 Å². The zero-order valence-corrected chi connectivity index (χ0v) is 14.4. The van der Waals surface area contributed by atoms with Crippen LogP contribution in [0, 0.1) is 0 Å². The van der Waals surface area contributed by atoms with Crippen LogP contribution in [0.5, 0.6) is 5.75 Å². The lowest BCUT2D eigenvalue weighted by Gasteiger charge is -2.26. The number of rotatable bonds is 6. The van der Waals surface area contributed by atoms with Gasteiger partial charge in [0.2, 0.25) is 10.0 Å². The number of carbonyl (C=O) groups excluding carboxylic acids is 1. The van der Waals surface area contributed by atoms with E-state index in [1.807, 2.05) is 6.07 Å². The Kier molecular flexibility index (Phi) is 5.47. The van der Waals surface area contributed by atoms with Gasteiger partial charge in [0.1, 0.15) is 18.6 Å². The zero-order valence-electron chi connectivity index (χ0n) is 13.6. The lowest BCUT2D eigenvalue weighted by atomic mass is 10.2. The molecule has 0 unspecified atom stereocenters. The molecular weight excluding hydrogens is 342 g/mol. The Morgan fingerprint density at radius 2 is 1.84 bits per heavy atom. The quantitative estimate of drug-likeness (QED) is 0.737. The highest BCUT2D eigenvalue weighted by Gasteiger charge is 2.26. The first-order valence-electron chi connectivity index (χ1n) is 7.94. The Labute approximate surface area is 147 Å². The van der Waals surface area contributed by atoms with Crippen LogP contribution >= 0.6 is 0 Å². The number of morpholine rings is 1. The smallest absolute Gasteiger partial charge is 0.243 e. The van der Waals surface area contributed by atoms with E-state index in [4.69, 9.17) is 9.47 Å². The van der Waals surface area contributed by atoms with E-state index in [-0.39, 0.29) is 11.5 Å². The Morgan fingerprint density at radius 1 is 1.08 bits per heavy atom. The minimum Gasteiger partial charge on any atom is -0.489 e. The first-order chi connectivity index (χ1) is 12.1. The third-order valence-electron chi connectivity index (χ3n) is 3.91. The molecule has 0 aliphatic carbocycles. The highest BCUT2D eigenvalue weighted by atomic mass is 32.2. The molecule has 2 aromatic carbocycles. The second kappa shape index (κ2) is 7.77. The molecule has 0 atom stereocenters. The molecule has 6 nitrogen and oxygen atoms in total. The van der Waals surface area contributed by atoms with Gasteiger partial charge in [-0.05, 0) is 29.8 Å². The van der Waals surface area contributed by atoms with Gasteiger partial charge in [-0.1, -0.05) is 24.3 Å². The molecule has 1 aliphatic rings. The summed E-state index contributed by atoms with van der Waals surface area (Å²) in [5.74, 6) is 0.561. The summed E-state index contributed by atoms with van der Waals surface area (Å²) in [6.07, 6.45) is 0.752. The van der Waals surface area contributed by atoms with Gasteiger partial charge in [-0.3, -0.25) is 4.79 Å². The van der Waals surface area contributed by atoms with Crippen molar-refractivity contribution in [3.63, 3.8) is 0 Å². The van der Waals surface area contributed by atoms with Gasteiger partial charge in [0.25, 0.3) is 0 Å². The average Bonchev–Trinajstić information content (AvgIpc) is 2.67. The monoisotopic (exact) mass is 361 g/mol. The summed E-state index contributed by atoms with van der Waals surface area (Å²) in [7, 11) is -3.53. The van der Waals surface area contributed by atoms with E-state index in [1.54, 1.807) is 42.5 Å². The number of benzene rings is 2. The first kappa shape index (κ1) is 17.6. The predicted octanol–water partition coefficient (Wildman–Crippen LogP) is 2.10. The van der Waals surface area contributed by atoms with Crippen LogP contribution < -0.4 is 4.74 Å². The van der Waals surface area contributed by atoms with Crippen molar-refractivity contribution in [2.24, 2.45) is 0 Å². The molecule has 1 heterocycles. The van der Waals surface area contributed by atoms with Gasteiger partial charge >= 0.3 is 0 Å². The van der Waals surface area contributed by atoms with Gasteiger partial charge in [0, 0.05) is 18.7 Å². The molecule has 7 heteroatoms. The molecule has 0 amide bonds. The number of carbonyl (C=O) groups is 1. The molecule has 25 heavy (non-hydrogen) atoms. The number of hydrogen-bond acceptors (Lipinski definition) is 5. The molecular formula is C18H19NO5S. The van der Waals surface area contributed by atoms with Crippen molar-refractivity contribution in [2.45, 2.75) is 11.5 Å². The summed E-state index contributed by atoms with van der Waals surface area (Å²) in [6.45, 7) is 1.77. The predicted molar refractivity (Wildman–Crippen MR) is 92.2 cm³/mol. The number of ether oxygens (including phenoxy) is 2. The average molecular weight is 361 g/mol. The van der Waals surface area contributed by atoms with Crippen molar-refractivity contribution < 1.29 is 22.7 Å². The second-order valence-electron chi connectivity index (χ2n) is 5.64. The first-order valence-corrected chi connectivity index (χ1v) is 9.38. The van der Waals surface area contributed by atoms with Crippen LogP contribution in [-0.4, -0.2) is 45.3 Å². The number of hydrogen-bond donors (Lipinski definition) is 0. The summed E-state index contributed by atoms with van der Waals surface area (Å²) < 4.78 is 37.7. The second-order valence-corrected chi connectivity index (χ2v) is 7.58. The summed E-state index contributed by atoms with van der Waals surface area (Å²) in [6, 6.07) is 13.5. The summed E-state index contributed by atoms with van der Waals surface area (Å²) in [5.41, 5.74) is 1.27. The summed E-state index contributed by atoms with van der Waals surface area (Å²) >= 11 is 0. The van der Waals surface area contributed by atoms with Gasteiger partial charge in [0.15, 0.2) is 0 Å². The Morgan fingerprint density at radius 3 is 2.60 bits per heavy atom. The molecule has 0 aromatic heterocycles. The highest BCUT2D eigenvalue weighted by molar-refractivity contribution is 7.89. The van der Waals surface area contributed by atoms with Crippen molar-refractivity contribution in [3.05, 3.63) is 59.7 Å². The van der Waals surface area contributed by atoms with Crippen LogP contribution in [0.4, 0.5) is 0 Å². The lowest BCUT2D eigenvalue weighted by Crippen LogP contribution is -2.40. The molecule has 0 saturated carbocycles. The van der Waals surface area contributed by atoms with E-state index >= 15 is 0 Å². The topological polar surface area (TPSA) is 72.9 Å². The molecule has 3 rings (SSSR count). The van der Waals surface area contributed by atoms with Gasteiger partial charge in [0.05, 0.1) is 18.1 Å². The molecule has 132 valence electrons. The third-order valence-corrected chi connectivity index (χ3v) is 5.80. The van der Waals surface area contributed by atoms with E-state index in [0.717, 1.165) is 11.8 Å². The number of aldehydes is 1. The fourth-order valence-corrected chi connectivity index (χ4v) is 4.05. The normalized spacial score (nSPS) is 15.7. The van der Waals surface area contributed by atoms with Gasteiger partial charge in [-0.2, -0.15) is 4.31 Å². The maximum absolute atomic E-state index is 12.7. The summed E-state index contributed by atoms with van der Waals surface area (Å²) in [5, 5.41) is 0. The molecule has 1 saturated heterocycles. The van der Waals surface area contributed by atoms with Gasteiger partial charge in [-0.15, -0.1) is 0 Å². The minimum absolute atomic E-state index is 0.217. The van der Waals surface area contributed by atoms with Gasteiger partial charge < -0.3 is 9.47 Å². The van der Waals surface area contributed by atoms with Crippen LogP contribution in [0.2, 0.25) is 0 Å². The highest BCUT2D eigenvalue weighted by Crippen LogP contribution is 2.20. The van der Waals surface area contributed by atoms with Crippen molar-refractivity contribution in [2.75, 3.05) is 26.3 Å². The zero-order chi connectivity index (χ0) is 17.7. The molecule has 0 radical (unpaired) electrons. The Hall–Kier alpha value is -2.22. The van der Waals surface area contributed by atoms with Crippen molar-refractivity contribution in [1.29, 1.82) is 0 Å². The molecule has 1 aliphatic heterocycles. The lowest BCUT2D eigenvalue weighted by molar-refractivity contribution is 0.0730. The fourth-order valence-electron chi connectivity index (χ4n) is 2.58. The molecule has 0 spiro atoms. The Bertz CT molecular complexity index is 844. The fraction of sp³-hybridized carbons (Fsp3) is 0.278. The van der Waals surface area contributed by atoms with E-state index in [0.29, 0.717) is 37.6 Å². The van der Waals surface area contributed by atoms with Crippen LogP contribution in [-0.2, 0) is 21.4 Å². The number of sulfonamides is 1. The van der Waals surface area contributed by atoms with Crippen molar-refractivity contribution in [3.8, 4) is 5.75 Å². The third kappa shape index (κ3) is 4.25. The maximum Gasteiger partial charge on any atom is 0.243 e. The van der Waals surface area contributed by atoms with E-state index in [9.17, 15) is 13.2 Å². The van der Waals surface area contributed by atoms with Gasteiger partial charge in [-0.25, -0.2) is 8.42 Å². The maximum atomic E-state index is 12.7. The molecule has 0 N–H and O–H groups in total. The Balaban J connectivity index is 1.73. The standard InChI is InChI=1S/C18H19NO5S/c20-13-15-3-1-5-17(11-15)24-14-16-4-2-6-18(12-16)25(21,22)19-7-9-23-10-8-19/h1-6,11-13H,7-10,14H2. The van der Waals surface area contributed by atoms with E-state index in [2.05, 4.69) is 0 Å². The number of nitrogens with zero attached hydrogens (tertiary/aromatic N) is 1. The summed E-state index contributed by atoms with van der Waals surface area (Å²) in [4.78, 5) is 11.0. The van der Waals surface area contributed by atoms with Crippen LogP contribution in [0.25, 0.3) is 0 Å². The van der Waals surface area contributed by atoms with Crippen LogP contribution in [0.15, 0.2) is 53.4 Å². The van der Waals surface area contributed by atoms with Crippen molar-refractivity contribution in [1.82, 2.24) is 4.31 Å².